The van der Waals surface area contributed by atoms with Crippen molar-refractivity contribution in [2.24, 2.45) is 0 Å². The molecule has 0 spiro atoms. The molecule has 104 valence electrons. The number of aliphatic hydroxyl groups excluding tert-OH is 1. The van der Waals surface area contributed by atoms with Gasteiger partial charge in [0.15, 0.2) is 0 Å². The van der Waals surface area contributed by atoms with Gasteiger partial charge in [0.1, 0.15) is 24.3 Å². The van der Waals surface area contributed by atoms with E-state index in [1.807, 2.05) is 4.90 Å². The van der Waals surface area contributed by atoms with Gasteiger partial charge in [-0.3, -0.25) is 9.69 Å². The predicted molar refractivity (Wildman–Crippen MR) is 67.4 cm³/mol. The molecule has 19 heavy (non-hydrogen) atoms. The fourth-order valence-corrected chi connectivity index (χ4v) is 1.92. The number of rotatable bonds is 5. The van der Waals surface area contributed by atoms with Crippen LogP contribution >= 0.6 is 0 Å². The van der Waals surface area contributed by atoms with Gasteiger partial charge in [-0.2, -0.15) is 0 Å². The summed E-state index contributed by atoms with van der Waals surface area (Å²) in [5.74, 6) is 0.155. The molecule has 1 aliphatic heterocycles. The van der Waals surface area contributed by atoms with E-state index in [2.05, 4.69) is 5.32 Å². The number of halogens is 1. The molecule has 0 radical (unpaired) electrons. The van der Waals surface area contributed by atoms with Gasteiger partial charge < -0.3 is 15.2 Å². The minimum absolute atomic E-state index is 0.0297. The van der Waals surface area contributed by atoms with Crippen LogP contribution in [0.3, 0.4) is 0 Å². The number of ether oxygens (including phenoxy) is 1. The maximum Gasteiger partial charge on any atom is 0.234 e. The fraction of sp³-hybridized carbons (Fsp3) is 0.462. The molecular weight excluding hydrogens is 251 g/mol. The second-order valence-electron chi connectivity index (χ2n) is 4.50. The van der Waals surface area contributed by atoms with Crippen LogP contribution in [0.15, 0.2) is 24.3 Å². The normalized spacial score (nSPS) is 17.9. The molecule has 1 amide bonds. The van der Waals surface area contributed by atoms with Crippen molar-refractivity contribution in [2.75, 3.05) is 32.8 Å². The monoisotopic (exact) mass is 268 g/mol. The summed E-state index contributed by atoms with van der Waals surface area (Å²) in [6, 6.07) is 5.63. The number of nitrogens with zero attached hydrogens (tertiary/aromatic N) is 1. The first kappa shape index (κ1) is 13.8. The number of nitrogens with one attached hydrogen (secondary N) is 1. The lowest BCUT2D eigenvalue weighted by Crippen LogP contribution is -2.50. The van der Waals surface area contributed by atoms with E-state index in [0.717, 1.165) is 6.54 Å². The van der Waals surface area contributed by atoms with E-state index >= 15 is 0 Å². The topological polar surface area (TPSA) is 61.8 Å². The summed E-state index contributed by atoms with van der Waals surface area (Å²) in [6.07, 6.45) is -0.684. The number of hydrogen-bond donors (Lipinski definition) is 2. The molecule has 0 aliphatic carbocycles. The van der Waals surface area contributed by atoms with E-state index in [1.54, 1.807) is 0 Å². The summed E-state index contributed by atoms with van der Waals surface area (Å²) in [4.78, 5) is 13.0. The molecule has 6 heteroatoms. The first-order valence-corrected chi connectivity index (χ1v) is 6.19. The molecule has 1 unspecified atom stereocenters. The number of carbonyl (C=O) groups is 1. The first-order chi connectivity index (χ1) is 9.13. The number of carbonyl (C=O) groups excluding carboxylic acids is 1. The van der Waals surface area contributed by atoms with Crippen molar-refractivity contribution in [3.63, 3.8) is 0 Å². The van der Waals surface area contributed by atoms with Crippen LogP contribution in [0.4, 0.5) is 4.39 Å². The molecule has 1 saturated heterocycles. The third-order valence-corrected chi connectivity index (χ3v) is 2.84. The Morgan fingerprint density at radius 3 is 2.84 bits per heavy atom. The van der Waals surface area contributed by atoms with Gasteiger partial charge in [-0.25, -0.2) is 4.39 Å². The van der Waals surface area contributed by atoms with E-state index in [0.29, 0.717) is 25.4 Å². The van der Waals surface area contributed by atoms with Crippen molar-refractivity contribution in [3.8, 4) is 5.75 Å². The van der Waals surface area contributed by atoms with Crippen molar-refractivity contribution in [3.05, 3.63) is 30.1 Å². The van der Waals surface area contributed by atoms with Crippen LogP contribution in [-0.4, -0.2) is 54.8 Å². The molecule has 0 bridgehead atoms. The maximum atomic E-state index is 12.7. The lowest BCUT2D eigenvalue weighted by atomic mass is 10.3. The van der Waals surface area contributed by atoms with Crippen LogP contribution in [0.1, 0.15) is 0 Å². The molecule has 2 rings (SSSR count). The second kappa shape index (κ2) is 6.49. The Bertz CT molecular complexity index is 424. The van der Waals surface area contributed by atoms with Crippen LogP contribution in [0.2, 0.25) is 0 Å². The molecule has 1 aromatic carbocycles. The highest BCUT2D eigenvalue weighted by molar-refractivity contribution is 5.78. The average Bonchev–Trinajstić information content (AvgIpc) is 2.38. The van der Waals surface area contributed by atoms with Crippen LogP contribution < -0.4 is 10.1 Å². The molecule has 5 nitrogen and oxygen atoms in total. The summed E-state index contributed by atoms with van der Waals surface area (Å²) in [7, 11) is 0. The molecule has 0 aromatic heterocycles. The second-order valence-corrected chi connectivity index (χ2v) is 4.50. The molecule has 1 aromatic rings. The van der Waals surface area contributed by atoms with Gasteiger partial charge in [-0.05, 0) is 24.3 Å². The third-order valence-electron chi connectivity index (χ3n) is 2.84. The largest absolute Gasteiger partial charge is 0.491 e. The third kappa shape index (κ3) is 4.50. The Morgan fingerprint density at radius 2 is 2.16 bits per heavy atom. The molecule has 1 fully saturated rings. The zero-order valence-electron chi connectivity index (χ0n) is 10.5. The van der Waals surface area contributed by atoms with Gasteiger partial charge in [0.2, 0.25) is 5.91 Å². The van der Waals surface area contributed by atoms with Gasteiger partial charge in [0, 0.05) is 19.6 Å². The minimum atomic E-state index is -0.684. The van der Waals surface area contributed by atoms with E-state index < -0.39 is 6.10 Å². The minimum Gasteiger partial charge on any atom is -0.491 e. The Kier molecular flexibility index (Phi) is 4.70. The molecule has 1 aliphatic rings. The smallest absolute Gasteiger partial charge is 0.234 e. The van der Waals surface area contributed by atoms with Crippen molar-refractivity contribution in [1.29, 1.82) is 0 Å². The Morgan fingerprint density at radius 1 is 1.42 bits per heavy atom. The van der Waals surface area contributed by atoms with E-state index in [9.17, 15) is 14.3 Å². The standard InChI is InChI=1S/C13H17FN2O3/c14-10-1-3-12(4-2-10)19-9-11(17)7-16-6-5-15-13(18)8-16/h1-4,11,17H,5-9H2,(H,15,18). The highest BCUT2D eigenvalue weighted by Gasteiger charge is 2.19. The van der Waals surface area contributed by atoms with E-state index in [-0.39, 0.29) is 18.3 Å². The zero-order valence-corrected chi connectivity index (χ0v) is 10.5. The summed E-state index contributed by atoms with van der Waals surface area (Å²) in [5.41, 5.74) is 0. The van der Waals surface area contributed by atoms with Crippen molar-refractivity contribution in [2.45, 2.75) is 6.10 Å². The van der Waals surface area contributed by atoms with Crippen LogP contribution in [0.5, 0.6) is 5.75 Å². The Labute approximate surface area is 111 Å². The predicted octanol–water partition coefficient (Wildman–Crippen LogP) is -0.00280. The summed E-state index contributed by atoms with van der Waals surface area (Å²) in [5, 5.41) is 12.6. The Hall–Kier alpha value is -1.66. The molecular formula is C13H17FN2O3. The van der Waals surface area contributed by atoms with Crippen molar-refractivity contribution >= 4 is 5.91 Å². The number of amides is 1. The maximum absolute atomic E-state index is 12.7. The van der Waals surface area contributed by atoms with Crippen molar-refractivity contribution in [1.82, 2.24) is 10.2 Å². The van der Waals surface area contributed by atoms with Gasteiger partial charge >= 0.3 is 0 Å². The first-order valence-electron chi connectivity index (χ1n) is 6.19. The van der Waals surface area contributed by atoms with Gasteiger partial charge in [-0.15, -0.1) is 0 Å². The summed E-state index contributed by atoms with van der Waals surface area (Å²) in [6.45, 7) is 2.12. The average molecular weight is 268 g/mol. The van der Waals surface area contributed by atoms with Crippen LogP contribution in [0, 0.1) is 5.82 Å². The number of β-amino-alcohol motifs (C(OH)–C–C–N with tert-alkyl or cyclic N) is 1. The molecule has 0 saturated carbocycles. The Balaban J connectivity index is 1.73. The summed E-state index contributed by atoms with van der Waals surface area (Å²) >= 11 is 0. The van der Waals surface area contributed by atoms with Gasteiger partial charge in [0.05, 0.1) is 6.54 Å². The van der Waals surface area contributed by atoms with Crippen molar-refractivity contribution < 1.29 is 19.0 Å². The summed E-state index contributed by atoms with van der Waals surface area (Å²) < 4.78 is 18.0. The molecule has 1 atom stereocenters. The number of aliphatic hydroxyl groups is 1. The number of piperazine rings is 1. The SMILES string of the molecule is O=C1CN(CC(O)COc2ccc(F)cc2)CCN1. The fourth-order valence-electron chi connectivity index (χ4n) is 1.92. The zero-order chi connectivity index (χ0) is 13.7. The molecule has 2 N–H and O–H groups in total. The highest BCUT2D eigenvalue weighted by atomic mass is 19.1. The lowest BCUT2D eigenvalue weighted by molar-refractivity contribution is -0.124. The number of hydrogen-bond acceptors (Lipinski definition) is 4. The number of benzene rings is 1. The van der Waals surface area contributed by atoms with Gasteiger partial charge in [-0.1, -0.05) is 0 Å². The van der Waals surface area contributed by atoms with Crippen LogP contribution in [-0.2, 0) is 4.79 Å². The lowest BCUT2D eigenvalue weighted by Gasteiger charge is -2.28. The molecule has 1 heterocycles. The van der Waals surface area contributed by atoms with Gasteiger partial charge in [0.25, 0.3) is 0 Å². The van der Waals surface area contributed by atoms with E-state index in [4.69, 9.17) is 4.74 Å². The highest BCUT2D eigenvalue weighted by Crippen LogP contribution is 2.11. The van der Waals surface area contributed by atoms with E-state index in [1.165, 1.54) is 24.3 Å². The van der Waals surface area contributed by atoms with Crippen LogP contribution in [0.25, 0.3) is 0 Å². The quantitative estimate of drug-likeness (QED) is 0.789.